The summed E-state index contributed by atoms with van der Waals surface area (Å²) in [6.07, 6.45) is 3.06. The molecule has 0 unspecified atom stereocenters. The molecule has 1 heterocycles. The highest BCUT2D eigenvalue weighted by atomic mass is 127. The molecule has 0 radical (unpaired) electrons. The van der Waals surface area contributed by atoms with Crippen LogP contribution in [0.1, 0.15) is 24.5 Å². The molecule has 2 rings (SSSR count). The van der Waals surface area contributed by atoms with Gasteiger partial charge in [-0.1, -0.05) is 6.08 Å². The second-order valence-corrected chi connectivity index (χ2v) is 6.04. The first kappa shape index (κ1) is 22.6. The van der Waals surface area contributed by atoms with Crippen molar-refractivity contribution in [2.75, 3.05) is 33.9 Å². The highest BCUT2D eigenvalue weighted by Gasteiger charge is 2.22. The van der Waals surface area contributed by atoms with Gasteiger partial charge in [-0.3, -0.25) is 0 Å². The number of likely N-dealkylation sites (tertiary alicyclic amines) is 1. The largest absolute Gasteiger partial charge is 0.493 e. The first-order chi connectivity index (χ1) is 12.1. The van der Waals surface area contributed by atoms with Crippen LogP contribution >= 0.6 is 24.0 Å². The molecule has 26 heavy (non-hydrogen) atoms. The number of hydrogen-bond donors (Lipinski definition) is 2. The molecule has 0 amide bonds. The number of halogens is 1. The van der Waals surface area contributed by atoms with E-state index in [1.165, 1.54) is 0 Å². The topological polar surface area (TPSA) is 66.3 Å². The Bertz CT molecular complexity index is 622. The first-order valence-corrected chi connectivity index (χ1v) is 8.68. The molecular formula is C19H30IN3O3. The third-order valence-electron chi connectivity index (χ3n) is 4.19. The average molecular weight is 475 g/mol. The Balaban J connectivity index is 0.00000338. The zero-order valence-corrected chi connectivity index (χ0v) is 18.2. The number of aliphatic hydroxyl groups is 1. The van der Waals surface area contributed by atoms with Crippen molar-refractivity contribution in [3.63, 3.8) is 0 Å². The Kier molecular flexibility index (Phi) is 9.79. The number of nitrogens with zero attached hydrogens (tertiary/aromatic N) is 2. The van der Waals surface area contributed by atoms with Crippen LogP contribution in [0, 0.1) is 0 Å². The molecule has 1 aliphatic rings. The minimum Gasteiger partial charge on any atom is -0.493 e. The lowest BCUT2D eigenvalue weighted by molar-refractivity contribution is 0.188. The van der Waals surface area contributed by atoms with Crippen LogP contribution in [0.15, 0.2) is 29.8 Å². The maximum atomic E-state index is 9.76. The Morgan fingerprint density at radius 2 is 2.19 bits per heavy atom. The van der Waals surface area contributed by atoms with E-state index in [2.05, 4.69) is 22.9 Å². The molecule has 1 aliphatic heterocycles. The quantitative estimate of drug-likeness (QED) is 0.275. The molecule has 1 fully saturated rings. The van der Waals surface area contributed by atoms with Crippen LogP contribution < -0.4 is 14.8 Å². The van der Waals surface area contributed by atoms with Gasteiger partial charge in [0.2, 0.25) is 0 Å². The van der Waals surface area contributed by atoms with E-state index in [0.717, 1.165) is 42.3 Å². The Morgan fingerprint density at radius 1 is 1.42 bits per heavy atom. The van der Waals surface area contributed by atoms with Gasteiger partial charge in [0.15, 0.2) is 17.5 Å². The van der Waals surface area contributed by atoms with E-state index in [9.17, 15) is 5.11 Å². The van der Waals surface area contributed by atoms with E-state index in [-0.39, 0.29) is 30.1 Å². The van der Waals surface area contributed by atoms with Gasteiger partial charge in [0.05, 0.1) is 26.9 Å². The molecule has 1 aromatic carbocycles. The molecule has 1 aromatic rings. The number of hydrogen-bond acceptors (Lipinski definition) is 4. The van der Waals surface area contributed by atoms with Crippen LogP contribution in [0.25, 0.3) is 0 Å². The average Bonchev–Trinajstić information content (AvgIpc) is 3.04. The predicted molar refractivity (Wildman–Crippen MR) is 116 cm³/mol. The molecule has 146 valence electrons. The van der Waals surface area contributed by atoms with Gasteiger partial charge in [0.1, 0.15) is 0 Å². The SMILES string of the molecule is C=CCc1cc(CN=C(NCC)N2CC[C@@H](O)C2)cc(OC)c1OC.I. The maximum Gasteiger partial charge on any atom is 0.194 e. The number of aliphatic hydroxyl groups excluding tert-OH is 1. The summed E-state index contributed by atoms with van der Waals surface area (Å²) in [5.41, 5.74) is 2.08. The van der Waals surface area contributed by atoms with Gasteiger partial charge < -0.3 is 24.8 Å². The molecule has 2 N–H and O–H groups in total. The summed E-state index contributed by atoms with van der Waals surface area (Å²) < 4.78 is 10.9. The van der Waals surface area contributed by atoms with Gasteiger partial charge in [-0.2, -0.15) is 0 Å². The predicted octanol–water partition coefficient (Wildman–Crippen LogP) is 2.58. The van der Waals surface area contributed by atoms with Gasteiger partial charge in [-0.25, -0.2) is 4.99 Å². The number of β-amino-alcohol motifs (C(OH)–C–C–N with tert-alkyl or cyclic N) is 1. The molecule has 0 aliphatic carbocycles. The highest BCUT2D eigenvalue weighted by Crippen LogP contribution is 2.33. The first-order valence-electron chi connectivity index (χ1n) is 8.68. The van der Waals surface area contributed by atoms with Gasteiger partial charge >= 0.3 is 0 Å². The van der Waals surface area contributed by atoms with E-state index in [1.807, 2.05) is 19.1 Å². The standard InChI is InChI=1S/C19H29N3O3.HI/c1-5-7-15-10-14(11-17(24-3)18(15)25-4)12-21-19(20-6-2)22-9-8-16(23)13-22;/h5,10-11,16,23H,1,6-9,12-13H2,2-4H3,(H,20,21);1H/t16-;/m1./s1. The van der Waals surface area contributed by atoms with Crippen LogP contribution in [0.4, 0.5) is 0 Å². The molecule has 0 saturated carbocycles. The second-order valence-electron chi connectivity index (χ2n) is 6.04. The van der Waals surface area contributed by atoms with Crippen LogP contribution in [-0.2, 0) is 13.0 Å². The fourth-order valence-electron chi connectivity index (χ4n) is 3.03. The molecule has 6 nitrogen and oxygen atoms in total. The summed E-state index contributed by atoms with van der Waals surface area (Å²) in [7, 11) is 3.28. The number of allylic oxidation sites excluding steroid dienone is 1. The number of guanidine groups is 1. The van der Waals surface area contributed by atoms with Gasteiger partial charge in [-0.05, 0) is 37.5 Å². The van der Waals surface area contributed by atoms with E-state index >= 15 is 0 Å². The van der Waals surface area contributed by atoms with Gasteiger partial charge in [0.25, 0.3) is 0 Å². The normalized spacial score (nSPS) is 16.8. The third-order valence-corrected chi connectivity index (χ3v) is 4.19. The van der Waals surface area contributed by atoms with Crippen molar-refractivity contribution in [1.82, 2.24) is 10.2 Å². The summed E-state index contributed by atoms with van der Waals surface area (Å²) in [6, 6.07) is 4.03. The monoisotopic (exact) mass is 475 g/mol. The minimum absolute atomic E-state index is 0. The van der Waals surface area contributed by atoms with Crippen molar-refractivity contribution >= 4 is 29.9 Å². The van der Waals surface area contributed by atoms with Crippen molar-refractivity contribution in [1.29, 1.82) is 0 Å². The van der Waals surface area contributed by atoms with E-state index in [0.29, 0.717) is 25.3 Å². The van der Waals surface area contributed by atoms with Crippen LogP contribution in [0.5, 0.6) is 11.5 Å². The van der Waals surface area contributed by atoms with Gasteiger partial charge in [0, 0.05) is 25.2 Å². The number of rotatable bonds is 7. The van der Waals surface area contributed by atoms with Crippen LogP contribution in [-0.4, -0.2) is 55.9 Å². The lowest BCUT2D eigenvalue weighted by Gasteiger charge is -2.21. The van der Waals surface area contributed by atoms with Crippen molar-refractivity contribution in [3.05, 3.63) is 35.9 Å². The molecular weight excluding hydrogens is 445 g/mol. The lowest BCUT2D eigenvalue weighted by atomic mass is 10.1. The van der Waals surface area contributed by atoms with E-state index in [1.54, 1.807) is 14.2 Å². The van der Waals surface area contributed by atoms with Crippen molar-refractivity contribution in [2.24, 2.45) is 4.99 Å². The molecule has 0 bridgehead atoms. The van der Waals surface area contributed by atoms with Crippen LogP contribution in [0.3, 0.4) is 0 Å². The number of benzene rings is 1. The maximum absolute atomic E-state index is 9.76. The van der Waals surface area contributed by atoms with Crippen molar-refractivity contribution in [2.45, 2.75) is 32.4 Å². The van der Waals surface area contributed by atoms with Gasteiger partial charge in [-0.15, -0.1) is 30.6 Å². The summed E-state index contributed by atoms with van der Waals surface area (Å²) in [5, 5.41) is 13.1. The van der Waals surface area contributed by atoms with Crippen molar-refractivity contribution in [3.8, 4) is 11.5 Å². The van der Waals surface area contributed by atoms with Crippen LogP contribution in [0.2, 0.25) is 0 Å². The summed E-state index contributed by atoms with van der Waals surface area (Å²) in [6.45, 7) is 8.62. The second kappa shape index (κ2) is 11.3. The number of nitrogens with one attached hydrogen (secondary N) is 1. The summed E-state index contributed by atoms with van der Waals surface area (Å²) in [4.78, 5) is 6.83. The Labute approximate surface area is 173 Å². The fraction of sp³-hybridized carbons (Fsp3) is 0.526. The molecule has 1 atom stereocenters. The fourth-order valence-corrected chi connectivity index (χ4v) is 3.03. The lowest BCUT2D eigenvalue weighted by Crippen LogP contribution is -2.40. The minimum atomic E-state index is -0.274. The zero-order valence-electron chi connectivity index (χ0n) is 15.8. The summed E-state index contributed by atoms with van der Waals surface area (Å²) >= 11 is 0. The Hall–Kier alpha value is -1.48. The van der Waals surface area contributed by atoms with E-state index in [4.69, 9.17) is 14.5 Å². The molecule has 1 saturated heterocycles. The molecule has 0 spiro atoms. The Morgan fingerprint density at radius 3 is 2.73 bits per heavy atom. The molecule has 7 heteroatoms. The smallest absolute Gasteiger partial charge is 0.194 e. The third kappa shape index (κ3) is 5.77. The highest BCUT2D eigenvalue weighted by molar-refractivity contribution is 14.0. The number of ether oxygens (including phenoxy) is 2. The number of methoxy groups -OCH3 is 2. The van der Waals surface area contributed by atoms with E-state index < -0.39 is 0 Å². The zero-order chi connectivity index (χ0) is 18.2. The van der Waals surface area contributed by atoms with Crippen molar-refractivity contribution < 1.29 is 14.6 Å². The molecule has 0 aromatic heterocycles. The summed E-state index contributed by atoms with van der Waals surface area (Å²) in [5.74, 6) is 2.28. The number of aliphatic imine (C=N–C) groups is 1.